The smallest absolute Gasteiger partial charge is 0.381 e. The molecule has 0 bridgehead atoms. The summed E-state index contributed by atoms with van der Waals surface area (Å²) in [6, 6.07) is 4.53. The summed E-state index contributed by atoms with van der Waals surface area (Å²) in [4.78, 5) is 11.6. The zero-order valence-corrected chi connectivity index (χ0v) is 18.8. The Morgan fingerprint density at radius 2 is 1.61 bits per heavy atom. The number of alkyl halides is 9. The highest BCUT2D eigenvalue weighted by atomic mass is 35.5. The van der Waals surface area contributed by atoms with Crippen LogP contribution in [-0.4, -0.2) is 29.9 Å². The van der Waals surface area contributed by atoms with E-state index in [-0.39, 0.29) is 18.2 Å². The first-order valence-corrected chi connectivity index (χ1v) is 10.7. The molecule has 1 aliphatic rings. The van der Waals surface area contributed by atoms with E-state index in [9.17, 15) is 49.4 Å². The second-order valence-corrected chi connectivity index (χ2v) is 8.74. The Kier molecular flexibility index (Phi) is 7.49. The fourth-order valence-electron chi connectivity index (χ4n) is 3.89. The summed E-state index contributed by atoms with van der Waals surface area (Å²) < 4.78 is 118. The molecule has 0 radical (unpaired) electrons. The minimum absolute atomic E-state index is 0.0664. The topological polar surface area (TPSA) is 61.4 Å². The number of benzene rings is 2. The number of carbonyl (C=O) groups excluding carboxylic acids is 1. The Balaban J connectivity index is 1.81. The molecule has 4 nitrogen and oxygen atoms in total. The third-order valence-corrected chi connectivity index (χ3v) is 5.86. The van der Waals surface area contributed by atoms with Crippen molar-refractivity contribution in [3.8, 4) is 0 Å². The standard InChI is InChI=1S/C22H18ClF9N2O2/c23-14-7-12(6-13(8-14)21(27,28)29)19(36,22(30,31)32)10-33-15-2-3-16-11(5-15)1-4-17(16)34-18(35)9-20(24,25)26/h2-3,5-8,17,33,36H,1,4,9-10H2,(H,34,35)/t17-,19-/m1/s1. The highest BCUT2D eigenvalue weighted by molar-refractivity contribution is 6.30. The number of anilines is 1. The van der Waals surface area contributed by atoms with Gasteiger partial charge < -0.3 is 15.7 Å². The van der Waals surface area contributed by atoms with Crippen molar-refractivity contribution in [1.82, 2.24) is 5.32 Å². The highest BCUT2D eigenvalue weighted by Crippen LogP contribution is 2.43. The van der Waals surface area contributed by atoms with Gasteiger partial charge in [-0.1, -0.05) is 17.7 Å². The summed E-state index contributed by atoms with van der Waals surface area (Å²) >= 11 is 5.59. The maximum Gasteiger partial charge on any atom is 0.423 e. The van der Waals surface area contributed by atoms with Gasteiger partial charge in [0.15, 0.2) is 0 Å². The minimum atomic E-state index is -5.39. The molecule has 0 aliphatic heterocycles. The van der Waals surface area contributed by atoms with Crippen molar-refractivity contribution in [3.05, 3.63) is 63.7 Å². The van der Waals surface area contributed by atoms with E-state index in [2.05, 4.69) is 10.6 Å². The van der Waals surface area contributed by atoms with Gasteiger partial charge in [0.2, 0.25) is 11.5 Å². The van der Waals surface area contributed by atoms with Crippen LogP contribution in [0, 0.1) is 0 Å². The lowest BCUT2D eigenvalue weighted by Crippen LogP contribution is -2.48. The van der Waals surface area contributed by atoms with E-state index in [1.54, 1.807) is 0 Å². The molecule has 0 unspecified atom stereocenters. The number of carbonyl (C=O) groups is 1. The summed E-state index contributed by atoms with van der Waals surface area (Å²) in [5.74, 6) is -1.22. The zero-order chi connectivity index (χ0) is 27.1. The maximum atomic E-state index is 13.8. The minimum Gasteiger partial charge on any atom is -0.381 e. The van der Waals surface area contributed by atoms with Crippen LogP contribution in [0.3, 0.4) is 0 Å². The molecule has 0 fully saturated rings. The van der Waals surface area contributed by atoms with Crippen LogP contribution in [0.5, 0.6) is 0 Å². The number of hydrogen-bond donors (Lipinski definition) is 3. The van der Waals surface area contributed by atoms with Crippen LogP contribution < -0.4 is 10.6 Å². The summed E-state index contributed by atoms with van der Waals surface area (Å²) in [6.07, 6.45) is -16.2. The van der Waals surface area contributed by atoms with E-state index in [1.807, 2.05) is 0 Å². The molecule has 0 spiro atoms. The molecule has 2 aromatic rings. The summed E-state index contributed by atoms with van der Waals surface area (Å²) in [5, 5.41) is 14.4. The van der Waals surface area contributed by atoms with Crippen molar-refractivity contribution < 1.29 is 49.4 Å². The molecule has 14 heteroatoms. The first-order chi connectivity index (χ1) is 16.4. The number of nitrogens with one attached hydrogen (secondary N) is 2. The largest absolute Gasteiger partial charge is 0.423 e. The number of amides is 1. The lowest BCUT2D eigenvalue weighted by atomic mass is 9.91. The normalized spacial score (nSPS) is 17.9. The van der Waals surface area contributed by atoms with E-state index in [4.69, 9.17) is 11.6 Å². The Morgan fingerprint density at radius 3 is 2.19 bits per heavy atom. The molecule has 36 heavy (non-hydrogen) atoms. The predicted octanol–water partition coefficient (Wildman–Crippen LogP) is 6.28. The number of hydrogen-bond acceptors (Lipinski definition) is 3. The number of halogens is 10. The zero-order valence-electron chi connectivity index (χ0n) is 18.0. The molecule has 2 atom stereocenters. The number of rotatable bonds is 6. The van der Waals surface area contributed by atoms with Gasteiger partial charge >= 0.3 is 18.5 Å². The van der Waals surface area contributed by atoms with Crippen LogP contribution in [-0.2, 0) is 23.0 Å². The van der Waals surface area contributed by atoms with Crippen molar-refractivity contribution in [1.29, 1.82) is 0 Å². The lowest BCUT2D eigenvalue weighted by molar-refractivity contribution is -0.260. The van der Waals surface area contributed by atoms with Gasteiger partial charge in [-0.3, -0.25) is 4.79 Å². The van der Waals surface area contributed by atoms with E-state index in [0.717, 1.165) is 0 Å². The van der Waals surface area contributed by atoms with Crippen molar-refractivity contribution in [2.45, 2.75) is 49.4 Å². The Labute approximate surface area is 203 Å². The van der Waals surface area contributed by atoms with Crippen LogP contribution >= 0.6 is 11.6 Å². The SMILES string of the molecule is O=C(CC(F)(F)F)N[C@@H]1CCc2cc(NC[C@@](O)(c3cc(Cl)cc(C(F)(F)F)c3)C(F)(F)F)ccc21. The van der Waals surface area contributed by atoms with Crippen LogP contribution in [0.25, 0.3) is 0 Å². The second-order valence-electron chi connectivity index (χ2n) is 8.30. The van der Waals surface area contributed by atoms with Crippen molar-refractivity contribution >= 4 is 23.2 Å². The van der Waals surface area contributed by atoms with E-state index >= 15 is 0 Å². The van der Waals surface area contributed by atoms with Gasteiger partial charge in [-0.15, -0.1) is 0 Å². The third-order valence-electron chi connectivity index (χ3n) is 5.64. The van der Waals surface area contributed by atoms with Crippen LogP contribution in [0.1, 0.15) is 41.1 Å². The average Bonchev–Trinajstić information content (AvgIpc) is 3.10. The van der Waals surface area contributed by atoms with E-state index in [0.29, 0.717) is 29.7 Å². The Morgan fingerprint density at radius 1 is 0.972 bits per heavy atom. The molecular weight excluding hydrogens is 531 g/mol. The van der Waals surface area contributed by atoms with Gasteiger partial charge in [-0.2, -0.15) is 39.5 Å². The number of aryl methyl sites for hydroxylation is 1. The highest BCUT2D eigenvalue weighted by Gasteiger charge is 2.55. The van der Waals surface area contributed by atoms with Gasteiger partial charge in [-0.05, 0) is 59.9 Å². The molecular formula is C22H18ClF9N2O2. The Bertz CT molecular complexity index is 1130. The summed E-state index contributed by atoms with van der Waals surface area (Å²) in [6.45, 7) is -1.27. The van der Waals surface area contributed by atoms with Crippen LogP contribution in [0.15, 0.2) is 36.4 Å². The fraction of sp³-hybridized carbons (Fsp3) is 0.409. The predicted molar refractivity (Wildman–Crippen MR) is 111 cm³/mol. The lowest BCUT2D eigenvalue weighted by Gasteiger charge is -2.32. The second kappa shape index (κ2) is 9.66. The average molecular weight is 549 g/mol. The van der Waals surface area contributed by atoms with Gasteiger partial charge in [0.05, 0.1) is 18.2 Å². The maximum absolute atomic E-state index is 13.8. The van der Waals surface area contributed by atoms with E-state index in [1.165, 1.54) is 18.2 Å². The molecule has 3 N–H and O–H groups in total. The summed E-state index contributed by atoms with van der Waals surface area (Å²) in [7, 11) is 0. The number of aliphatic hydroxyl groups is 1. The van der Waals surface area contributed by atoms with E-state index < -0.39 is 65.2 Å². The number of fused-ring (bicyclic) bond motifs is 1. The third kappa shape index (κ3) is 6.36. The first kappa shape index (κ1) is 27.9. The van der Waals surface area contributed by atoms with Gasteiger partial charge in [0.25, 0.3) is 0 Å². The molecule has 198 valence electrons. The van der Waals surface area contributed by atoms with Gasteiger partial charge in [0.1, 0.15) is 6.42 Å². The van der Waals surface area contributed by atoms with Crippen molar-refractivity contribution in [3.63, 3.8) is 0 Å². The molecule has 0 heterocycles. The molecule has 0 saturated heterocycles. The molecule has 3 rings (SSSR count). The monoisotopic (exact) mass is 548 g/mol. The molecule has 0 saturated carbocycles. The summed E-state index contributed by atoms with van der Waals surface area (Å²) in [5.41, 5.74) is -5.25. The van der Waals surface area contributed by atoms with Gasteiger partial charge in [-0.25, -0.2) is 0 Å². The molecule has 2 aromatic carbocycles. The van der Waals surface area contributed by atoms with Crippen LogP contribution in [0.4, 0.5) is 45.2 Å². The molecule has 1 amide bonds. The van der Waals surface area contributed by atoms with Gasteiger partial charge in [0, 0.05) is 10.7 Å². The quantitative estimate of drug-likeness (QED) is 0.373. The van der Waals surface area contributed by atoms with Crippen LogP contribution in [0.2, 0.25) is 5.02 Å². The van der Waals surface area contributed by atoms with Crippen molar-refractivity contribution in [2.75, 3.05) is 11.9 Å². The Hall–Kier alpha value is -2.67. The van der Waals surface area contributed by atoms with Crippen molar-refractivity contribution in [2.24, 2.45) is 0 Å². The molecule has 0 aromatic heterocycles. The fourth-order valence-corrected chi connectivity index (χ4v) is 4.13. The first-order valence-electron chi connectivity index (χ1n) is 10.3. The molecule has 1 aliphatic carbocycles.